The summed E-state index contributed by atoms with van der Waals surface area (Å²) in [5, 5.41) is 7.36. The molecule has 4 aromatic carbocycles. The van der Waals surface area contributed by atoms with Gasteiger partial charge in [0.1, 0.15) is 0 Å². The van der Waals surface area contributed by atoms with Gasteiger partial charge in [0, 0.05) is 0 Å². The molecule has 0 saturated heterocycles. The molecule has 3 nitrogen and oxygen atoms in total. The zero-order valence-corrected chi connectivity index (χ0v) is 22.8. The van der Waals surface area contributed by atoms with Gasteiger partial charge >= 0.3 is 7.32 Å². The lowest BCUT2D eigenvalue weighted by atomic mass is 10.3. The molecule has 0 saturated carbocycles. The van der Waals surface area contributed by atoms with E-state index in [-0.39, 0.29) is 0 Å². The molecule has 0 aliphatic rings. The molecule has 0 spiro atoms. The second kappa shape index (κ2) is 13.6. The highest BCUT2D eigenvalue weighted by Gasteiger charge is 2.66. The fourth-order valence-corrected chi connectivity index (χ4v) is 8.70. The summed E-state index contributed by atoms with van der Waals surface area (Å²) in [6.07, 6.45) is 0. The van der Waals surface area contributed by atoms with Gasteiger partial charge in [-0.1, -0.05) is 0 Å². The number of benzene rings is 4. The molecule has 0 aliphatic heterocycles. The second-order valence-electron chi connectivity index (χ2n) is 8.69. The Hall–Kier alpha value is -4.15. The van der Waals surface area contributed by atoms with Crippen molar-refractivity contribution in [2.45, 2.75) is 0 Å². The summed E-state index contributed by atoms with van der Waals surface area (Å²) >= 11 is 0. The van der Waals surface area contributed by atoms with Gasteiger partial charge in [-0.3, -0.25) is 0 Å². The monoisotopic (exact) mass is 761 g/mol. The van der Waals surface area contributed by atoms with E-state index in [1.165, 1.54) is 0 Å². The summed E-state index contributed by atoms with van der Waals surface area (Å²) in [6, 6.07) is 0. The number of hydrogen-bond acceptors (Lipinski definition) is 3. The van der Waals surface area contributed by atoms with Crippen LogP contribution in [-0.2, 0) is 0 Å². The van der Waals surface area contributed by atoms with Crippen LogP contribution >= 0.6 is 7.26 Å². The van der Waals surface area contributed by atoms with Gasteiger partial charge in [0.05, 0.1) is 0 Å². The molecule has 3 N–H and O–H groups in total. The molecule has 0 heterocycles. The Labute approximate surface area is 255 Å². The molecule has 0 fully saturated rings. The zero-order chi connectivity index (χ0) is 37.9. The van der Waals surface area contributed by atoms with Crippen LogP contribution in [0.25, 0.3) is 0 Å². The standard InChI is InChI=1S/C24F20P.BH3O3/c25-1-5(29)13(37)21(14(38)6(1)30)45(22-15(39)7(31)2(26)8(32)16(22)40,23-17(41)9(33)3(27)10(34)18(23)42)24-19(43)11(35)4(28)12(36)20(24)44;2-1(3)4/h;2-4H/q+1;. The van der Waals surface area contributed by atoms with Crippen LogP contribution in [0.15, 0.2) is 0 Å². The lowest BCUT2D eigenvalue weighted by Gasteiger charge is -2.30. The molecule has 4 aromatic rings. The van der Waals surface area contributed by atoms with E-state index in [1.54, 1.807) is 0 Å². The van der Waals surface area contributed by atoms with Crippen LogP contribution in [0.1, 0.15) is 0 Å². The summed E-state index contributed by atoms with van der Waals surface area (Å²) in [6.45, 7) is 0. The lowest BCUT2D eigenvalue weighted by Crippen LogP contribution is -2.50. The largest absolute Gasteiger partial charge is 0.631 e. The van der Waals surface area contributed by atoms with Crippen molar-refractivity contribution in [3.63, 3.8) is 0 Å². The van der Waals surface area contributed by atoms with E-state index in [4.69, 9.17) is 15.1 Å². The lowest BCUT2D eigenvalue weighted by molar-refractivity contribution is 0.278. The van der Waals surface area contributed by atoms with Gasteiger partial charge in [0.2, 0.25) is 116 Å². The van der Waals surface area contributed by atoms with Gasteiger partial charge in [-0.15, -0.1) is 0 Å². The molecular formula is C24H3BF20O3P+. The van der Waals surface area contributed by atoms with Gasteiger partial charge in [-0.25, -0.2) is 52.7 Å². The Balaban J connectivity index is 0.00000154. The summed E-state index contributed by atoms with van der Waals surface area (Å²) < 4.78 is 294. The minimum atomic E-state index is -8.09. The van der Waals surface area contributed by atoms with Gasteiger partial charge < -0.3 is 15.1 Å². The first kappa shape index (κ1) is 39.3. The minimum Gasteiger partial charge on any atom is -0.402 e. The van der Waals surface area contributed by atoms with E-state index in [2.05, 4.69) is 0 Å². The summed E-state index contributed by atoms with van der Waals surface area (Å²) in [7, 11) is -10.3. The van der Waals surface area contributed by atoms with Gasteiger partial charge in [-0.05, 0) is 0 Å². The molecule has 0 radical (unpaired) electrons. The first-order chi connectivity index (χ1) is 22.4. The molecule has 4 rings (SSSR count). The van der Waals surface area contributed by atoms with Crippen LogP contribution < -0.4 is 21.2 Å². The van der Waals surface area contributed by atoms with Crippen LogP contribution in [0.5, 0.6) is 0 Å². The van der Waals surface area contributed by atoms with Gasteiger partial charge in [0.15, 0.2) is 28.5 Å². The third-order valence-electron chi connectivity index (χ3n) is 6.09. The third kappa shape index (κ3) is 5.72. The number of hydrogen-bond donors (Lipinski definition) is 3. The Morgan fingerprint density at radius 1 is 0.224 bits per heavy atom. The predicted molar refractivity (Wildman–Crippen MR) is 123 cm³/mol. The molecular weight excluding hydrogens is 758 g/mol. The van der Waals surface area contributed by atoms with Crippen molar-refractivity contribution in [1.82, 2.24) is 0 Å². The van der Waals surface area contributed by atoms with Crippen molar-refractivity contribution < 1.29 is 103 Å². The second-order valence-corrected chi connectivity index (χ2v) is 11.8. The van der Waals surface area contributed by atoms with Crippen molar-refractivity contribution in [3.8, 4) is 0 Å². The van der Waals surface area contributed by atoms with Crippen LogP contribution in [-0.4, -0.2) is 22.4 Å². The van der Waals surface area contributed by atoms with Crippen molar-refractivity contribution in [3.05, 3.63) is 116 Å². The highest BCUT2D eigenvalue weighted by atomic mass is 31.2. The smallest absolute Gasteiger partial charge is 0.402 e. The molecule has 0 aliphatic carbocycles. The fourth-order valence-electron chi connectivity index (χ4n) is 4.22. The molecule has 0 aromatic heterocycles. The van der Waals surface area contributed by atoms with Gasteiger partial charge in [-0.2, -0.15) is 35.1 Å². The van der Waals surface area contributed by atoms with E-state index in [0.717, 1.165) is 0 Å². The zero-order valence-electron chi connectivity index (χ0n) is 21.9. The maximum Gasteiger partial charge on any atom is 0.631 e. The van der Waals surface area contributed by atoms with Crippen LogP contribution in [0.4, 0.5) is 87.8 Å². The average Bonchev–Trinajstić information content (AvgIpc) is 3.04. The SMILES string of the molecule is Fc1c(F)c(F)c([P+](c2c(F)c(F)c(F)c(F)c2F)(c2c(F)c(F)c(F)c(F)c2F)c2c(F)c(F)c(F)c(F)c2F)c(F)c1F.OB(O)O. The molecule has 49 heavy (non-hydrogen) atoms. The fraction of sp³-hybridized carbons (Fsp3) is 0. The van der Waals surface area contributed by atoms with Gasteiger partial charge in [0.25, 0.3) is 0 Å². The van der Waals surface area contributed by atoms with E-state index >= 15 is 35.1 Å². The first-order valence-electron chi connectivity index (χ1n) is 11.4. The Morgan fingerprint density at radius 3 is 0.408 bits per heavy atom. The summed E-state index contributed by atoms with van der Waals surface area (Å²) in [4.78, 5) is 0. The quantitative estimate of drug-likeness (QED) is 0.0900. The van der Waals surface area contributed by atoms with E-state index in [0.29, 0.717) is 0 Å². The molecule has 0 amide bonds. The summed E-state index contributed by atoms with van der Waals surface area (Å²) in [5.74, 6) is -71.1. The normalized spacial score (nSPS) is 11.6. The molecule has 25 heteroatoms. The molecule has 0 unspecified atom stereocenters. The van der Waals surface area contributed by atoms with Crippen molar-refractivity contribution in [1.29, 1.82) is 0 Å². The minimum absolute atomic E-state index is 2.17. The maximum absolute atomic E-state index is 15.4. The average molecular weight is 761 g/mol. The number of rotatable bonds is 4. The maximum atomic E-state index is 15.4. The van der Waals surface area contributed by atoms with Crippen LogP contribution in [0.3, 0.4) is 0 Å². The number of halogens is 20. The Morgan fingerprint density at radius 2 is 0.306 bits per heavy atom. The third-order valence-corrected chi connectivity index (χ3v) is 10.3. The van der Waals surface area contributed by atoms with Crippen molar-refractivity contribution >= 4 is 35.8 Å². The molecule has 0 atom stereocenters. The highest BCUT2D eigenvalue weighted by molar-refractivity contribution is 8.01. The van der Waals surface area contributed by atoms with Crippen molar-refractivity contribution in [2.75, 3.05) is 0 Å². The Kier molecular flexibility index (Phi) is 10.9. The topological polar surface area (TPSA) is 60.7 Å². The summed E-state index contributed by atoms with van der Waals surface area (Å²) in [5.41, 5.74) is 0. The van der Waals surface area contributed by atoms with E-state index in [9.17, 15) is 52.7 Å². The Bertz CT molecular complexity index is 1640. The first-order valence-corrected chi connectivity index (χ1v) is 13.2. The van der Waals surface area contributed by atoms with E-state index < -0.39 is 152 Å². The molecule has 0 bridgehead atoms. The van der Waals surface area contributed by atoms with Crippen LogP contribution in [0.2, 0.25) is 0 Å². The highest BCUT2D eigenvalue weighted by Crippen LogP contribution is 2.60. The molecule has 264 valence electrons. The predicted octanol–water partition coefficient (Wildman–Crippen LogP) is 5.04. The van der Waals surface area contributed by atoms with E-state index in [1.807, 2.05) is 0 Å². The van der Waals surface area contributed by atoms with Crippen molar-refractivity contribution in [2.24, 2.45) is 0 Å². The van der Waals surface area contributed by atoms with Crippen LogP contribution in [0, 0.1) is 116 Å².